The van der Waals surface area contributed by atoms with Crippen molar-refractivity contribution in [1.82, 2.24) is 20.1 Å². The first kappa shape index (κ1) is 25.3. The quantitative estimate of drug-likeness (QED) is 0.372. The summed E-state index contributed by atoms with van der Waals surface area (Å²) in [6, 6.07) is 1.30. The van der Waals surface area contributed by atoms with E-state index in [1.807, 2.05) is 5.32 Å². The summed E-state index contributed by atoms with van der Waals surface area (Å²) in [5.41, 5.74) is -0.988. The van der Waals surface area contributed by atoms with Crippen molar-refractivity contribution >= 4 is 39.8 Å². The number of nitrogens with zero attached hydrogens (tertiary/aromatic N) is 4. The highest BCUT2D eigenvalue weighted by atomic mass is 32.1. The van der Waals surface area contributed by atoms with E-state index in [4.69, 9.17) is 5.11 Å². The molecule has 16 heteroatoms. The van der Waals surface area contributed by atoms with Gasteiger partial charge in [0.1, 0.15) is 33.4 Å². The molecule has 192 valence electrons. The lowest BCUT2D eigenvalue weighted by Crippen LogP contribution is -2.57. The fraction of sp³-hybridized carbons (Fsp3) is 0.300. The summed E-state index contributed by atoms with van der Waals surface area (Å²) in [4.78, 5) is 29.6. The van der Waals surface area contributed by atoms with E-state index in [0.29, 0.717) is 11.3 Å². The molecule has 3 aromatic rings. The molecule has 0 aliphatic carbocycles. The van der Waals surface area contributed by atoms with Crippen LogP contribution in [-0.2, 0) is 7.05 Å². The molecule has 2 amide bonds. The largest absolute Gasteiger partial charge is 0.465 e. The topological polar surface area (TPSA) is 124 Å². The van der Waals surface area contributed by atoms with Gasteiger partial charge in [0.15, 0.2) is 11.5 Å². The molecule has 0 spiro atoms. The van der Waals surface area contributed by atoms with Crippen molar-refractivity contribution in [2.45, 2.75) is 12.2 Å². The lowest BCUT2D eigenvalue weighted by Gasteiger charge is -2.36. The molecule has 1 atom stereocenters. The van der Waals surface area contributed by atoms with Gasteiger partial charge in [-0.15, -0.1) is 0 Å². The number of aromatic nitrogens is 3. The Morgan fingerprint density at radius 1 is 1.22 bits per heavy atom. The number of carboxylic acid groups (broad SMARTS) is 1. The molecular formula is C20H18F5N7O3S. The van der Waals surface area contributed by atoms with E-state index in [1.165, 1.54) is 22.8 Å². The molecule has 0 bridgehead atoms. The Labute approximate surface area is 203 Å². The molecule has 4 N–H and O–H groups in total. The number of thiazole rings is 1. The maximum absolute atomic E-state index is 14.3. The minimum atomic E-state index is -4.49. The summed E-state index contributed by atoms with van der Waals surface area (Å²) in [6.07, 6.45) is -4.82. The standard InChI is InChI=1S/C20H18F5N7O3S/c1-31-18(32-6-5-26-12(8-32)20(23,24)25)11(7-27-31)28-15(33)14-17(30-19(34)35)36-16(29-14)13-9(21)3-2-4-10(13)22/h2-4,7,12,26,30H,5-6,8H2,1H3,(H,28,33)(H,34,35)/t12-/m0/s1. The molecule has 3 heterocycles. The zero-order valence-corrected chi connectivity index (χ0v) is 19.2. The van der Waals surface area contributed by atoms with Crippen molar-refractivity contribution in [3.63, 3.8) is 0 Å². The third kappa shape index (κ3) is 5.08. The first-order chi connectivity index (χ1) is 17.0. The van der Waals surface area contributed by atoms with Gasteiger partial charge < -0.3 is 20.6 Å². The van der Waals surface area contributed by atoms with Gasteiger partial charge in [0.25, 0.3) is 5.91 Å². The van der Waals surface area contributed by atoms with Crippen molar-refractivity contribution < 1.29 is 36.6 Å². The molecule has 1 fully saturated rings. The normalized spacial score (nSPS) is 16.2. The fourth-order valence-corrected chi connectivity index (χ4v) is 4.70. The average Bonchev–Trinajstić information content (AvgIpc) is 3.36. The SMILES string of the molecule is Cn1ncc(NC(=O)c2nc(-c3c(F)cccc3F)sc2NC(=O)O)c1N1CCN[C@H](C(F)(F)F)C1. The number of anilines is 3. The Morgan fingerprint density at radius 3 is 2.56 bits per heavy atom. The van der Waals surface area contributed by atoms with Crippen molar-refractivity contribution in [2.75, 3.05) is 35.2 Å². The second-order valence-electron chi connectivity index (χ2n) is 7.68. The Morgan fingerprint density at radius 2 is 1.92 bits per heavy atom. The number of aryl methyl sites for hydroxylation is 1. The number of benzene rings is 1. The molecule has 4 rings (SSSR count). The van der Waals surface area contributed by atoms with Gasteiger partial charge in [-0.25, -0.2) is 18.6 Å². The lowest BCUT2D eigenvalue weighted by molar-refractivity contribution is -0.155. The van der Waals surface area contributed by atoms with Crippen LogP contribution in [0.2, 0.25) is 0 Å². The smallest absolute Gasteiger partial charge is 0.409 e. The molecule has 1 aliphatic heterocycles. The van der Waals surface area contributed by atoms with Gasteiger partial charge in [-0.3, -0.25) is 14.8 Å². The van der Waals surface area contributed by atoms with E-state index in [9.17, 15) is 31.5 Å². The van der Waals surface area contributed by atoms with Crippen LogP contribution >= 0.6 is 11.3 Å². The van der Waals surface area contributed by atoms with E-state index >= 15 is 0 Å². The van der Waals surface area contributed by atoms with E-state index in [0.717, 1.165) is 18.2 Å². The Hall–Kier alpha value is -3.79. The predicted molar refractivity (Wildman–Crippen MR) is 120 cm³/mol. The van der Waals surface area contributed by atoms with Crippen LogP contribution in [0.25, 0.3) is 10.6 Å². The van der Waals surface area contributed by atoms with Gasteiger partial charge >= 0.3 is 12.3 Å². The van der Waals surface area contributed by atoms with Crippen molar-refractivity contribution in [1.29, 1.82) is 0 Å². The van der Waals surface area contributed by atoms with Crippen LogP contribution < -0.4 is 20.9 Å². The molecule has 10 nitrogen and oxygen atoms in total. The van der Waals surface area contributed by atoms with E-state index in [-0.39, 0.29) is 34.6 Å². The summed E-state index contributed by atoms with van der Waals surface area (Å²) in [5, 5.41) is 19.4. The molecule has 1 aromatic carbocycles. The fourth-order valence-electron chi connectivity index (χ4n) is 3.70. The van der Waals surface area contributed by atoms with Crippen LogP contribution in [0.5, 0.6) is 0 Å². The van der Waals surface area contributed by atoms with Crippen molar-refractivity contribution in [2.24, 2.45) is 7.05 Å². The molecule has 0 unspecified atom stereocenters. The summed E-state index contributed by atoms with van der Waals surface area (Å²) in [6.45, 7) is -0.224. The second-order valence-corrected chi connectivity index (χ2v) is 8.68. The zero-order chi connectivity index (χ0) is 26.2. The van der Waals surface area contributed by atoms with Crippen molar-refractivity contribution in [3.05, 3.63) is 41.7 Å². The highest BCUT2D eigenvalue weighted by molar-refractivity contribution is 7.19. The van der Waals surface area contributed by atoms with Gasteiger partial charge in [-0.05, 0) is 12.1 Å². The van der Waals surface area contributed by atoms with E-state index in [2.05, 4.69) is 20.7 Å². The highest BCUT2D eigenvalue weighted by Crippen LogP contribution is 2.36. The molecule has 36 heavy (non-hydrogen) atoms. The minimum Gasteiger partial charge on any atom is -0.465 e. The van der Waals surface area contributed by atoms with Crippen molar-refractivity contribution in [3.8, 4) is 10.6 Å². The van der Waals surface area contributed by atoms with Gasteiger partial charge in [0, 0.05) is 26.7 Å². The van der Waals surface area contributed by atoms with Crippen LogP contribution in [0.15, 0.2) is 24.4 Å². The van der Waals surface area contributed by atoms with Gasteiger partial charge in [0.2, 0.25) is 0 Å². The van der Waals surface area contributed by atoms with Gasteiger partial charge in [-0.2, -0.15) is 18.3 Å². The number of carbonyl (C=O) groups excluding carboxylic acids is 1. The number of hydrogen-bond donors (Lipinski definition) is 4. The maximum atomic E-state index is 14.3. The monoisotopic (exact) mass is 531 g/mol. The lowest BCUT2D eigenvalue weighted by atomic mass is 10.2. The number of nitrogens with one attached hydrogen (secondary N) is 3. The zero-order valence-electron chi connectivity index (χ0n) is 18.4. The molecule has 2 aromatic heterocycles. The van der Waals surface area contributed by atoms with Crippen LogP contribution in [0.1, 0.15) is 10.5 Å². The number of amides is 2. The van der Waals surface area contributed by atoms with Crippen LogP contribution in [0, 0.1) is 11.6 Å². The first-order valence-corrected chi connectivity index (χ1v) is 11.1. The number of rotatable bonds is 5. The molecule has 0 radical (unpaired) electrons. The first-order valence-electron chi connectivity index (χ1n) is 10.3. The third-order valence-corrected chi connectivity index (χ3v) is 6.25. The van der Waals surface area contributed by atoms with E-state index in [1.54, 1.807) is 0 Å². The molecule has 0 saturated carbocycles. The summed E-state index contributed by atoms with van der Waals surface area (Å²) < 4.78 is 69.5. The van der Waals surface area contributed by atoms with Gasteiger partial charge in [0.05, 0.1) is 11.8 Å². The Bertz CT molecular complexity index is 1290. The Kier molecular flexibility index (Phi) is 6.81. The molecule has 1 saturated heterocycles. The maximum Gasteiger partial charge on any atom is 0.409 e. The summed E-state index contributed by atoms with van der Waals surface area (Å²) in [5.74, 6) is -2.72. The number of hydrogen-bond acceptors (Lipinski definition) is 7. The molecule has 1 aliphatic rings. The Balaban J connectivity index is 1.66. The summed E-state index contributed by atoms with van der Waals surface area (Å²) in [7, 11) is 1.48. The number of piperazine rings is 1. The van der Waals surface area contributed by atoms with Crippen LogP contribution in [-0.4, -0.2) is 63.7 Å². The van der Waals surface area contributed by atoms with Gasteiger partial charge in [-0.1, -0.05) is 17.4 Å². The molecular weight excluding hydrogens is 513 g/mol. The number of carbonyl (C=O) groups is 2. The number of halogens is 5. The predicted octanol–water partition coefficient (Wildman–Crippen LogP) is 3.50. The number of alkyl halides is 3. The van der Waals surface area contributed by atoms with E-state index < -0.39 is 53.7 Å². The van der Waals surface area contributed by atoms with Crippen LogP contribution in [0.4, 0.5) is 43.3 Å². The minimum absolute atomic E-state index is 0.0269. The summed E-state index contributed by atoms with van der Waals surface area (Å²) >= 11 is 0.540. The van der Waals surface area contributed by atoms with Crippen LogP contribution in [0.3, 0.4) is 0 Å². The average molecular weight is 531 g/mol. The highest BCUT2D eigenvalue weighted by Gasteiger charge is 2.42. The second kappa shape index (κ2) is 9.69. The third-order valence-electron chi connectivity index (χ3n) is 5.27.